The SMILES string of the molecule is CC(CC(C)(C)C)C(=O)OCN1C(=O)Cc2cc(CCN3CCN(c4nsc5ccccc45)CC3)c(Cl)cc21. The van der Waals surface area contributed by atoms with E-state index in [9.17, 15) is 9.59 Å². The number of rotatable bonds is 8. The van der Waals surface area contributed by atoms with E-state index in [1.807, 2.05) is 13.0 Å². The number of carbonyl (C=O) groups excluding carboxylic acids is 2. The summed E-state index contributed by atoms with van der Waals surface area (Å²) in [7, 11) is 0. The number of nitrogens with zero attached hydrogens (tertiary/aromatic N) is 4. The summed E-state index contributed by atoms with van der Waals surface area (Å²) in [6.07, 6.45) is 1.84. The summed E-state index contributed by atoms with van der Waals surface area (Å²) in [4.78, 5) is 31.6. The average molecular weight is 569 g/mol. The monoisotopic (exact) mass is 568 g/mol. The number of hydrogen-bond donors (Lipinski definition) is 0. The first-order chi connectivity index (χ1) is 18.6. The van der Waals surface area contributed by atoms with Crippen LogP contribution in [-0.4, -0.2) is 60.6 Å². The summed E-state index contributed by atoms with van der Waals surface area (Å²) < 4.78 is 11.5. The molecule has 2 aromatic carbocycles. The number of anilines is 2. The van der Waals surface area contributed by atoms with Gasteiger partial charge in [-0.05, 0) is 59.1 Å². The van der Waals surface area contributed by atoms with Crippen molar-refractivity contribution >= 4 is 56.6 Å². The Kier molecular flexibility index (Phi) is 8.17. The van der Waals surface area contributed by atoms with Gasteiger partial charge in [-0.15, -0.1) is 0 Å². The molecule has 1 fully saturated rings. The van der Waals surface area contributed by atoms with Gasteiger partial charge in [-0.1, -0.05) is 57.5 Å². The Bertz CT molecular complexity index is 1360. The zero-order valence-electron chi connectivity index (χ0n) is 23.2. The predicted molar refractivity (Wildman–Crippen MR) is 159 cm³/mol. The summed E-state index contributed by atoms with van der Waals surface area (Å²) >= 11 is 8.25. The van der Waals surface area contributed by atoms with Gasteiger partial charge in [0.05, 0.1) is 22.7 Å². The number of ether oxygens (including phenoxy) is 1. The van der Waals surface area contributed by atoms with Crippen molar-refractivity contribution in [3.63, 3.8) is 0 Å². The molecule has 2 aliphatic rings. The minimum atomic E-state index is -0.281. The first-order valence-electron chi connectivity index (χ1n) is 13.7. The van der Waals surface area contributed by atoms with Crippen LogP contribution < -0.4 is 9.80 Å². The highest BCUT2D eigenvalue weighted by Gasteiger charge is 2.31. The number of fused-ring (bicyclic) bond motifs is 2. The second-order valence-corrected chi connectivity index (χ2v) is 13.1. The van der Waals surface area contributed by atoms with Crippen LogP contribution >= 0.6 is 23.1 Å². The number of piperazine rings is 1. The molecule has 1 saturated heterocycles. The summed E-state index contributed by atoms with van der Waals surface area (Å²) in [5.74, 6) is 0.522. The Morgan fingerprint density at radius 1 is 1.15 bits per heavy atom. The van der Waals surface area contributed by atoms with E-state index in [2.05, 4.69) is 60.9 Å². The fourth-order valence-electron chi connectivity index (χ4n) is 5.61. The molecular formula is C30H37ClN4O3S. The van der Waals surface area contributed by atoms with Crippen LogP contribution in [0.3, 0.4) is 0 Å². The largest absolute Gasteiger partial charge is 0.444 e. The molecule has 208 valence electrons. The van der Waals surface area contributed by atoms with Gasteiger partial charge in [0.15, 0.2) is 6.73 Å². The van der Waals surface area contributed by atoms with Gasteiger partial charge in [-0.3, -0.25) is 19.4 Å². The van der Waals surface area contributed by atoms with Crippen molar-refractivity contribution in [2.45, 2.75) is 47.0 Å². The zero-order chi connectivity index (χ0) is 27.7. The van der Waals surface area contributed by atoms with Gasteiger partial charge < -0.3 is 9.64 Å². The number of hydrogen-bond acceptors (Lipinski definition) is 7. The molecule has 7 nitrogen and oxygen atoms in total. The van der Waals surface area contributed by atoms with Gasteiger partial charge >= 0.3 is 5.97 Å². The van der Waals surface area contributed by atoms with Crippen LogP contribution in [0, 0.1) is 11.3 Å². The lowest BCUT2D eigenvalue weighted by molar-refractivity contribution is -0.149. The first-order valence-corrected chi connectivity index (χ1v) is 14.8. The molecule has 0 saturated carbocycles. The molecule has 2 aliphatic heterocycles. The number of amides is 1. The van der Waals surface area contributed by atoms with Crippen LogP contribution in [0.25, 0.3) is 10.1 Å². The molecule has 1 aromatic heterocycles. The summed E-state index contributed by atoms with van der Waals surface area (Å²) in [6.45, 7) is 12.8. The lowest BCUT2D eigenvalue weighted by Crippen LogP contribution is -2.47. The fraction of sp³-hybridized carbons (Fsp3) is 0.500. The molecule has 0 bridgehead atoms. The maximum Gasteiger partial charge on any atom is 0.310 e. The van der Waals surface area contributed by atoms with E-state index in [1.165, 1.54) is 15.0 Å². The van der Waals surface area contributed by atoms with Crippen molar-refractivity contribution in [2.75, 3.05) is 49.3 Å². The molecule has 0 spiro atoms. The van der Waals surface area contributed by atoms with Gasteiger partial charge in [0, 0.05) is 43.1 Å². The van der Waals surface area contributed by atoms with Crippen molar-refractivity contribution in [1.82, 2.24) is 9.27 Å². The van der Waals surface area contributed by atoms with Gasteiger partial charge in [-0.25, -0.2) is 0 Å². The Morgan fingerprint density at radius 2 is 1.90 bits per heavy atom. The molecule has 9 heteroatoms. The lowest BCUT2D eigenvalue weighted by atomic mass is 9.85. The van der Waals surface area contributed by atoms with E-state index < -0.39 is 0 Å². The van der Waals surface area contributed by atoms with Crippen LogP contribution in [0.2, 0.25) is 5.02 Å². The van der Waals surface area contributed by atoms with Crippen molar-refractivity contribution in [3.8, 4) is 0 Å². The van der Waals surface area contributed by atoms with Gasteiger partial charge in [-0.2, -0.15) is 4.37 Å². The van der Waals surface area contributed by atoms with Crippen molar-refractivity contribution in [2.24, 2.45) is 11.3 Å². The predicted octanol–water partition coefficient (Wildman–Crippen LogP) is 5.78. The van der Waals surface area contributed by atoms with E-state index in [4.69, 9.17) is 20.7 Å². The summed E-state index contributed by atoms with van der Waals surface area (Å²) in [6, 6.07) is 12.3. The third-order valence-electron chi connectivity index (χ3n) is 7.57. The number of benzene rings is 2. The van der Waals surface area contributed by atoms with Crippen LogP contribution in [0.5, 0.6) is 0 Å². The van der Waals surface area contributed by atoms with Crippen molar-refractivity contribution in [3.05, 3.63) is 52.5 Å². The average Bonchev–Trinajstić information content (AvgIpc) is 3.45. The van der Waals surface area contributed by atoms with Crippen LogP contribution in [0.4, 0.5) is 11.5 Å². The highest BCUT2D eigenvalue weighted by atomic mass is 35.5. The van der Waals surface area contributed by atoms with Crippen molar-refractivity contribution < 1.29 is 14.3 Å². The highest BCUT2D eigenvalue weighted by molar-refractivity contribution is 7.13. The van der Waals surface area contributed by atoms with Crippen LogP contribution in [0.15, 0.2) is 36.4 Å². The summed E-state index contributed by atoms with van der Waals surface area (Å²) in [5, 5.41) is 1.88. The highest BCUT2D eigenvalue weighted by Crippen LogP contribution is 2.35. The normalized spacial score (nSPS) is 17.1. The molecular weight excluding hydrogens is 532 g/mol. The third-order valence-corrected chi connectivity index (χ3v) is 8.73. The smallest absolute Gasteiger partial charge is 0.310 e. The molecule has 0 radical (unpaired) electrons. The van der Waals surface area contributed by atoms with Crippen LogP contribution in [-0.2, 0) is 27.2 Å². The molecule has 5 rings (SSSR count). The van der Waals surface area contributed by atoms with Gasteiger partial charge in [0.25, 0.3) is 0 Å². The standard InChI is InChI=1S/C30H37ClN4O3S/c1-20(18-30(2,3)4)29(37)38-19-35-25-17-24(31)21(15-22(25)16-27(35)36)9-10-33-11-13-34(14-12-33)28-23-7-5-6-8-26(23)39-32-28/h5-8,15,17,20H,9-14,16,18-19H2,1-4H3. The fourth-order valence-corrected chi connectivity index (χ4v) is 6.66. The van der Waals surface area contributed by atoms with Crippen molar-refractivity contribution in [1.29, 1.82) is 0 Å². The van der Waals surface area contributed by atoms with E-state index in [1.54, 1.807) is 11.5 Å². The Morgan fingerprint density at radius 3 is 2.64 bits per heavy atom. The molecule has 3 aromatic rings. The zero-order valence-corrected chi connectivity index (χ0v) is 24.8. The molecule has 1 unspecified atom stereocenters. The maximum atomic E-state index is 12.8. The molecule has 0 N–H and O–H groups in total. The second-order valence-electron chi connectivity index (χ2n) is 11.9. The number of halogens is 1. The first kappa shape index (κ1) is 27.9. The molecule has 0 aliphatic carbocycles. The Hall–Kier alpha value is -2.68. The maximum absolute atomic E-state index is 12.8. The molecule has 1 atom stereocenters. The Balaban J connectivity index is 1.15. The van der Waals surface area contributed by atoms with E-state index >= 15 is 0 Å². The second kappa shape index (κ2) is 11.4. The number of carbonyl (C=O) groups is 2. The lowest BCUT2D eigenvalue weighted by Gasteiger charge is -2.35. The minimum absolute atomic E-state index is 0.0299. The van der Waals surface area contributed by atoms with Gasteiger partial charge in [0.1, 0.15) is 5.82 Å². The number of aromatic nitrogens is 1. The molecule has 39 heavy (non-hydrogen) atoms. The minimum Gasteiger partial charge on any atom is -0.444 e. The van der Waals surface area contributed by atoms with E-state index in [-0.39, 0.29) is 29.9 Å². The van der Waals surface area contributed by atoms with Crippen LogP contribution in [0.1, 0.15) is 45.2 Å². The molecule has 1 amide bonds. The quantitative estimate of drug-likeness (QED) is 0.321. The molecule has 3 heterocycles. The summed E-state index contributed by atoms with van der Waals surface area (Å²) in [5.41, 5.74) is 2.77. The Labute approximate surface area is 239 Å². The van der Waals surface area contributed by atoms with Gasteiger partial charge in [0.2, 0.25) is 5.91 Å². The number of esters is 1. The van der Waals surface area contributed by atoms with E-state index in [0.717, 1.165) is 68.2 Å². The third kappa shape index (κ3) is 6.39. The van der Waals surface area contributed by atoms with E-state index in [0.29, 0.717) is 11.4 Å². The topological polar surface area (TPSA) is 66.0 Å².